The van der Waals surface area contributed by atoms with Crippen LogP contribution in [0.15, 0.2) is 72.8 Å². The van der Waals surface area contributed by atoms with Gasteiger partial charge in [-0.2, -0.15) is 10.5 Å². The third-order valence-corrected chi connectivity index (χ3v) is 7.37. The summed E-state index contributed by atoms with van der Waals surface area (Å²) in [7, 11) is 1.27. The number of ether oxygens (including phenoxy) is 1. The van der Waals surface area contributed by atoms with Crippen LogP contribution in [0.25, 0.3) is 16.6 Å². The lowest BCUT2D eigenvalue weighted by atomic mass is 10.1. The highest BCUT2D eigenvalue weighted by atomic mass is 16.5. The van der Waals surface area contributed by atoms with E-state index in [4.69, 9.17) is 4.74 Å². The number of rotatable bonds is 6. The van der Waals surface area contributed by atoms with Gasteiger partial charge in [-0.3, -0.25) is 19.1 Å². The zero-order valence-electron chi connectivity index (χ0n) is 22.8. The minimum atomic E-state index is -1.28. The monoisotopic (exact) mass is 562 g/mol. The molecule has 0 saturated heterocycles. The maximum Gasteiger partial charge on any atom is 0.407 e. The molecule has 4 aromatic rings. The molecule has 2 N–H and O–H groups in total. The Kier molecular flexibility index (Phi) is 7.50. The number of hydrogen-bond acceptors (Lipinski definition) is 6. The second-order valence-corrected chi connectivity index (χ2v) is 9.75. The number of aromatic nitrogens is 1. The van der Waals surface area contributed by atoms with Crippen molar-refractivity contribution >= 4 is 34.5 Å². The molecule has 210 valence electrons. The van der Waals surface area contributed by atoms with Gasteiger partial charge in [0.15, 0.2) is 0 Å². The zero-order chi connectivity index (χ0) is 30.0. The largest absolute Gasteiger partial charge is 0.489 e. The van der Waals surface area contributed by atoms with Gasteiger partial charge in [-0.05, 0) is 37.3 Å². The quantitative estimate of drug-likeness (QED) is 0.363. The summed E-state index contributed by atoms with van der Waals surface area (Å²) in [5.41, 5.74) is 2.87. The van der Waals surface area contributed by atoms with Crippen molar-refractivity contribution in [2.24, 2.45) is 0 Å². The molecule has 42 heavy (non-hydrogen) atoms. The van der Waals surface area contributed by atoms with Crippen LogP contribution in [0.2, 0.25) is 0 Å². The molecule has 0 aliphatic carbocycles. The molecule has 11 heteroatoms. The molecule has 0 unspecified atom stereocenters. The molecule has 1 aliphatic rings. The zero-order valence-corrected chi connectivity index (χ0v) is 22.8. The van der Waals surface area contributed by atoms with Gasteiger partial charge in [0, 0.05) is 18.0 Å². The summed E-state index contributed by atoms with van der Waals surface area (Å²) in [6, 6.07) is 23.5. The van der Waals surface area contributed by atoms with E-state index in [9.17, 15) is 30.0 Å². The van der Waals surface area contributed by atoms with Crippen LogP contribution < -0.4 is 15.0 Å². The number of anilines is 1. The van der Waals surface area contributed by atoms with Gasteiger partial charge in [-0.15, -0.1) is 0 Å². The normalized spacial score (nSPS) is 15.0. The first-order chi connectivity index (χ1) is 20.3. The van der Waals surface area contributed by atoms with Crippen molar-refractivity contribution in [3.05, 3.63) is 89.6 Å². The fraction of sp³-hybridized carbons (Fsp3) is 0.194. The molecule has 1 aliphatic heterocycles. The lowest BCUT2D eigenvalue weighted by molar-refractivity contribution is -0.130. The molecule has 0 fully saturated rings. The molecular formula is C31H26N6O5. The molecule has 2 heterocycles. The van der Waals surface area contributed by atoms with Crippen molar-refractivity contribution in [3.8, 4) is 23.6 Å². The molecule has 3 amide bonds. The summed E-state index contributed by atoms with van der Waals surface area (Å²) in [5.74, 6) is -0.734. The Morgan fingerprint density at radius 1 is 1.05 bits per heavy atom. The van der Waals surface area contributed by atoms with E-state index in [1.165, 1.54) is 18.9 Å². The molecule has 0 spiro atoms. The molecule has 0 bridgehead atoms. The maximum absolute atomic E-state index is 14.1. The molecule has 1 aromatic heterocycles. The van der Waals surface area contributed by atoms with Crippen LogP contribution in [0.5, 0.6) is 5.75 Å². The van der Waals surface area contributed by atoms with E-state index >= 15 is 0 Å². The number of nitrogens with one attached hydrogen (secondary N) is 1. The Labute approximate surface area is 241 Å². The van der Waals surface area contributed by atoms with Crippen molar-refractivity contribution in [2.75, 3.05) is 18.6 Å². The molecule has 0 saturated carbocycles. The van der Waals surface area contributed by atoms with E-state index in [0.29, 0.717) is 33.8 Å². The fourth-order valence-corrected chi connectivity index (χ4v) is 5.01. The number of carbonyl (C=O) groups is 3. The highest BCUT2D eigenvalue weighted by molar-refractivity contribution is 6.02. The highest BCUT2D eigenvalue weighted by Crippen LogP contribution is 2.36. The number of carboxylic acid groups (broad SMARTS) is 1. The first-order valence-corrected chi connectivity index (χ1v) is 13.1. The number of fused-ring (bicyclic) bond motifs is 2. The van der Waals surface area contributed by atoms with E-state index < -0.39 is 30.0 Å². The van der Waals surface area contributed by atoms with Gasteiger partial charge in [-0.1, -0.05) is 42.5 Å². The van der Waals surface area contributed by atoms with Gasteiger partial charge >= 0.3 is 6.09 Å². The van der Waals surface area contributed by atoms with Gasteiger partial charge in [0.1, 0.15) is 42.3 Å². The summed E-state index contributed by atoms with van der Waals surface area (Å²) in [6.07, 6.45) is -1.28. The number of hydrogen-bond donors (Lipinski definition) is 2. The van der Waals surface area contributed by atoms with Crippen molar-refractivity contribution in [2.45, 2.75) is 25.6 Å². The number of carbonyl (C=O) groups excluding carboxylic acids is 2. The first kappa shape index (κ1) is 27.7. The number of benzene rings is 3. The van der Waals surface area contributed by atoms with Crippen molar-refractivity contribution in [1.82, 2.24) is 14.8 Å². The summed E-state index contributed by atoms with van der Waals surface area (Å²) in [5, 5.41) is 32.8. The Morgan fingerprint density at radius 3 is 2.43 bits per heavy atom. The van der Waals surface area contributed by atoms with E-state index in [0.717, 1.165) is 10.3 Å². The van der Waals surface area contributed by atoms with Gasteiger partial charge in [0.2, 0.25) is 5.91 Å². The summed E-state index contributed by atoms with van der Waals surface area (Å²) < 4.78 is 7.64. The molecular weight excluding hydrogens is 536 g/mol. The van der Waals surface area contributed by atoms with E-state index in [-0.39, 0.29) is 18.8 Å². The molecule has 0 radical (unpaired) electrons. The summed E-state index contributed by atoms with van der Waals surface area (Å²) in [4.78, 5) is 40.7. The Bertz CT molecular complexity index is 1800. The topological polar surface area (TPSA) is 152 Å². The number of amides is 3. The Balaban J connectivity index is 1.61. The molecule has 11 nitrogen and oxygen atoms in total. The standard InChI is InChI=1S/C31H26N6O5/c1-19(35(2)31(40)41)29(38)34-23-18-42-28-14-8-7-13-26(28)36(30(23)39)17-22-21-10-4-6-12-25(21)37(27(22)16-33)24-11-5-3-9-20(24)15-32/h3-14,19,23H,17-18H2,1-2H3,(H,34,38)(H,40,41)/t19-,23-/m0/s1. The average Bonchev–Trinajstić information content (AvgIpc) is 3.26. The average molecular weight is 563 g/mol. The highest BCUT2D eigenvalue weighted by Gasteiger charge is 2.35. The number of nitriles is 2. The van der Waals surface area contributed by atoms with Crippen LogP contribution in [0, 0.1) is 22.7 Å². The van der Waals surface area contributed by atoms with Crippen LogP contribution in [0.1, 0.15) is 23.7 Å². The number of para-hydroxylation sites is 4. The molecule has 2 atom stereocenters. The Hall–Kier alpha value is -5.81. The molecule has 5 rings (SSSR count). The van der Waals surface area contributed by atoms with Crippen molar-refractivity contribution in [3.63, 3.8) is 0 Å². The van der Waals surface area contributed by atoms with Crippen LogP contribution in [-0.4, -0.2) is 58.2 Å². The molecule has 3 aromatic carbocycles. The number of likely N-dealkylation sites (N-methyl/N-ethyl adjacent to an activating group) is 1. The van der Waals surface area contributed by atoms with Crippen LogP contribution in [0.3, 0.4) is 0 Å². The van der Waals surface area contributed by atoms with Gasteiger partial charge in [-0.25, -0.2) is 4.79 Å². The van der Waals surface area contributed by atoms with E-state index in [2.05, 4.69) is 17.5 Å². The van der Waals surface area contributed by atoms with Crippen molar-refractivity contribution in [1.29, 1.82) is 10.5 Å². The van der Waals surface area contributed by atoms with E-state index in [1.807, 2.05) is 24.3 Å². The van der Waals surface area contributed by atoms with Gasteiger partial charge in [0.05, 0.1) is 29.0 Å². The van der Waals surface area contributed by atoms with Crippen LogP contribution >= 0.6 is 0 Å². The van der Waals surface area contributed by atoms with Crippen LogP contribution in [0.4, 0.5) is 10.5 Å². The third kappa shape index (κ3) is 4.84. The van der Waals surface area contributed by atoms with Crippen LogP contribution in [-0.2, 0) is 16.1 Å². The predicted octanol–water partition coefficient (Wildman–Crippen LogP) is 3.78. The first-order valence-electron chi connectivity index (χ1n) is 13.1. The fourth-order valence-electron chi connectivity index (χ4n) is 5.01. The minimum Gasteiger partial charge on any atom is -0.489 e. The van der Waals surface area contributed by atoms with Gasteiger partial charge in [0.25, 0.3) is 5.91 Å². The lowest BCUT2D eigenvalue weighted by Gasteiger charge is -2.27. The van der Waals surface area contributed by atoms with E-state index in [1.54, 1.807) is 53.1 Å². The van der Waals surface area contributed by atoms with Crippen molar-refractivity contribution < 1.29 is 24.2 Å². The van der Waals surface area contributed by atoms with Gasteiger partial charge < -0.3 is 20.1 Å². The lowest BCUT2D eigenvalue weighted by Crippen LogP contribution is -2.55. The second kappa shape index (κ2) is 11.4. The summed E-state index contributed by atoms with van der Waals surface area (Å²) >= 11 is 0. The third-order valence-electron chi connectivity index (χ3n) is 7.37. The second-order valence-electron chi connectivity index (χ2n) is 9.75. The minimum absolute atomic E-state index is 0.0404. The predicted molar refractivity (Wildman–Crippen MR) is 153 cm³/mol. The number of nitrogens with zero attached hydrogens (tertiary/aromatic N) is 5. The maximum atomic E-state index is 14.1. The smallest absolute Gasteiger partial charge is 0.407 e. The Morgan fingerprint density at radius 2 is 1.71 bits per heavy atom. The summed E-state index contributed by atoms with van der Waals surface area (Å²) in [6.45, 7) is 1.20. The SMILES string of the molecule is C[C@@H](C(=O)N[C@H]1COc2ccccc2N(Cc2c(C#N)n(-c3ccccc3C#N)c3ccccc23)C1=O)N(C)C(=O)O.